The molecule has 0 aromatic heterocycles. The number of amides is 1. The van der Waals surface area contributed by atoms with Crippen molar-refractivity contribution < 1.29 is 4.79 Å². The molecular formula is C14H17BrClNO. The van der Waals surface area contributed by atoms with Crippen molar-refractivity contribution in [3.8, 4) is 0 Å². The molecule has 0 radical (unpaired) electrons. The molecule has 1 saturated carbocycles. The molecule has 1 amide bonds. The second-order valence-electron chi connectivity index (χ2n) is 4.83. The normalized spacial score (nSPS) is 16.6. The number of hydrogen-bond donors (Lipinski definition) is 1. The summed E-state index contributed by atoms with van der Waals surface area (Å²) in [5, 5.41) is 3.79. The van der Waals surface area contributed by atoms with Crippen molar-refractivity contribution in [3.05, 3.63) is 33.3 Å². The van der Waals surface area contributed by atoms with E-state index in [0.29, 0.717) is 17.5 Å². The third-order valence-corrected chi connectivity index (χ3v) is 4.53. The Morgan fingerprint density at radius 2 is 2.06 bits per heavy atom. The molecule has 1 aromatic rings. The zero-order chi connectivity index (χ0) is 13.0. The Morgan fingerprint density at radius 3 is 2.72 bits per heavy atom. The summed E-state index contributed by atoms with van der Waals surface area (Å²) >= 11 is 9.30. The molecule has 0 unspecified atom stereocenters. The molecule has 1 aromatic carbocycles. The van der Waals surface area contributed by atoms with E-state index in [0.717, 1.165) is 22.9 Å². The highest BCUT2D eigenvalue weighted by atomic mass is 79.9. The zero-order valence-corrected chi connectivity index (χ0v) is 12.6. The average molecular weight is 331 g/mol. The van der Waals surface area contributed by atoms with E-state index in [2.05, 4.69) is 21.2 Å². The van der Waals surface area contributed by atoms with Gasteiger partial charge >= 0.3 is 0 Å². The lowest BCUT2D eigenvalue weighted by Gasteiger charge is -2.22. The van der Waals surface area contributed by atoms with Crippen LogP contribution in [0.2, 0.25) is 5.02 Å². The van der Waals surface area contributed by atoms with Gasteiger partial charge < -0.3 is 5.32 Å². The first kappa shape index (κ1) is 13.9. The van der Waals surface area contributed by atoms with E-state index in [-0.39, 0.29) is 5.91 Å². The first-order chi connectivity index (χ1) is 8.65. The highest BCUT2D eigenvalue weighted by molar-refractivity contribution is 9.10. The maximum atomic E-state index is 11.9. The molecule has 0 heterocycles. The van der Waals surface area contributed by atoms with Gasteiger partial charge in [-0.15, -0.1) is 0 Å². The lowest BCUT2D eigenvalue weighted by molar-refractivity contribution is -0.121. The van der Waals surface area contributed by atoms with Gasteiger partial charge in [0.1, 0.15) is 0 Å². The Morgan fingerprint density at radius 1 is 1.33 bits per heavy atom. The van der Waals surface area contributed by atoms with Crippen LogP contribution in [0.25, 0.3) is 0 Å². The Balaban J connectivity index is 1.88. The Bertz CT molecular complexity index is 430. The number of hydrogen-bond acceptors (Lipinski definition) is 1. The zero-order valence-electron chi connectivity index (χ0n) is 10.2. The van der Waals surface area contributed by atoms with Crippen LogP contribution in [0, 0.1) is 0 Å². The predicted octanol–water partition coefficient (Wildman–Crippen LogP) is 4.09. The molecule has 1 fully saturated rings. The summed E-state index contributed by atoms with van der Waals surface area (Å²) in [6.07, 6.45) is 6.43. The fourth-order valence-corrected chi connectivity index (χ4v) is 2.90. The number of carbonyl (C=O) groups excluding carboxylic acids is 1. The second kappa shape index (κ2) is 6.58. The van der Waals surface area contributed by atoms with Crippen molar-refractivity contribution in [2.75, 3.05) is 0 Å². The molecule has 18 heavy (non-hydrogen) atoms. The lowest BCUT2D eigenvalue weighted by Crippen LogP contribution is -2.37. The molecule has 0 atom stereocenters. The number of carbonyl (C=O) groups is 1. The monoisotopic (exact) mass is 329 g/mol. The van der Waals surface area contributed by atoms with Gasteiger partial charge in [0, 0.05) is 10.5 Å². The van der Waals surface area contributed by atoms with Gasteiger partial charge in [-0.25, -0.2) is 0 Å². The van der Waals surface area contributed by atoms with Gasteiger partial charge in [0.15, 0.2) is 0 Å². The SMILES string of the molecule is O=C(Cc1ccc(Cl)c(Br)c1)NC1CCCCC1. The van der Waals surface area contributed by atoms with E-state index in [9.17, 15) is 4.79 Å². The summed E-state index contributed by atoms with van der Waals surface area (Å²) < 4.78 is 0.840. The van der Waals surface area contributed by atoms with Crippen LogP contribution in [-0.4, -0.2) is 11.9 Å². The number of halogens is 2. The minimum atomic E-state index is 0.108. The molecule has 0 spiro atoms. The summed E-state index contributed by atoms with van der Waals surface area (Å²) in [6.45, 7) is 0. The summed E-state index contributed by atoms with van der Waals surface area (Å²) in [6, 6.07) is 5.99. The molecule has 0 aliphatic heterocycles. The van der Waals surface area contributed by atoms with Gasteiger partial charge in [-0.3, -0.25) is 4.79 Å². The van der Waals surface area contributed by atoms with Crippen LogP contribution in [0.5, 0.6) is 0 Å². The number of rotatable bonds is 3. The van der Waals surface area contributed by atoms with Crippen LogP contribution < -0.4 is 5.32 Å². The highest BCUT2D eigenvalue weighted by Gasteiger charge is 2.15. The van der Waals surface area contributed by atoms with E-state index in [1.165, 1.54) is 19.3 Å². The van der Waals surface area contributed by atoms with Crippen LogP contribution >= 0.6 is 27.5 Å². The fourth-order valence-electron chi connectivity index (χ4n) is 2.36. The average Bonchev–Trinajstić information content (AvgIpc) is 2.35. The molecule has 98 valence electrons. The Hall–Kier alpha value is -0.540. The molecule has 1 aliphatic rings. The molecule has 1 aliphatic carbocycles. The van der Waals surface area contributed by atoms with Gasteiger partial charge in [0.05, 0.1) is 11.4 Å². The lowest BCUT2D eigenvalue weighted by atomic mass is 9.95. The Labute approximate surface area is 121 Å². The maximum absolute atomic E-state index is 11.9. The third kappa shape index (κ3) is 3.99. The number of benzene rings is 1. The molecule has 2 rings (SSSR count). The van der Waals surface area contributed by atoms with E-state index in [4.69, 9.17) is 11.6 Å². The van der Waals surface area contributed by atoms with Crippen LogP contribution in [0.4, 0.5) is 0 Å². The fraction of sp³-hybridized carbons (Fsp3) is 0.500. The largest absolute Gasteiger partial charge is 0.353 e. The first-order valence-corrected chi connectivity index (χ1v) is 7.55. The van der Waals surface area contributed by atoms with Gasteiger partial charge in [-0.1, -0.05) is 36.9 Å². The van der Waals surface area contributed by atoms with E-state index < -0.39 is 0 Å². The van der Waals surface area contributed by atoms with Crippen molar-refractivity contribution in [3.63, 3.8) is 0 Å². The van der Waals surface area contributed by atoms with Crippen molar-refractivity contribution >= 4 is 33.4 Å². The van der Waals surface area contributed by atoms with Crippen LogP contribution in [-0.2, 0) is 11.2 Å². The van der Waals surface area contributed by atoms with E-state index >= 15 is 0 Å². The second-order valence-corrected chi connectivity index (χ2v) is 6.09. The maximum Gasteiger partial charge on any atom is 0.224 e. The van der Waals surface area contributed by atoms with Gasteiger partial charge in [-0.05, 0) is 46.5 Å². The summed E-state index contributed by atoms with van der Waals surface area (Å²) in [5.74, 6) is 0.108. The van der Waals surface area contributed by atoms with Crippen molar-refractivity contribution in [2.45, 2.75) is 44.6 Å². The van der Waals surface area contributed by atoms with Gasteiger partial charge in [0.2, 0.25) is 5.91 Å². The molecular weight excluding hydrogens is 314 g/mol. The molecule has 0 bridgehead atoms. The minimum Gasteiger partial charge on any atom is -0.353 e. The topological polar surface area (TPSA) is 29.1 Å². The summed E-state index contributed by atoms with van der Waals surface area (Å²) in [4.78, 5) is 11.9. The van der Waals surface area contributed by atoms with Gasteiger partial charge in [0.25, 0.3) is 0 Å². The van der Waals surface area contributed by atoms with Crippen LogP contribution in [0.1, 0.15) is 37.7 Å². The van der Waals surface area contributed by atoms with Crippen LogP contribution in [0.3, 0.4) is 0 Å². The molecule has 4 heteroatoms. The highest BCUT2D eigenvalue weighted by Crippen LogP contribution is 2.23. The van der Waals surface area contributed by atoms with Crippen molar-refractivity contribution in [2.24, 2.45) is 0 Å². The van der Waals surface area contributed by atoms with Crippen LogP contribution in [0.15, 0.2) is 22.7 Å². The summed E-state index contributed by atoms with van der Waals surface area (Å²) in [5.41, 5.74) is 0.986. The summed E-state index contributed by atoms with van der Waals surface area (Å²) in [7, 11) is 0. The van der Waals surface area contributed by atoms with Crippen molar-refractivity contribution in [1.82, 2.24) is 5.32 Å². The predicted molar refractivity (Wildman–Crippen MR) is 77.9 cm³/mol. The third-order valence-electron chi connectivity index (χ3n) is 3.32. The van der Waals surface area contributed by atoms with E-state index in [1.54, 1.807) is 0 Å². The molecule has 2 nitrogen and oxygen atoms in total. The minimum absolute atomic E-state index is 0.108. The molecule has 1 N–H and O–H groups in total. The molecule has 0 saturated heterocycles. The smallest absolute Gasteiger partial charge is 0.224 e. The van der Waals surface area contributed by atoms with E-state index in [1.807, 2.05) is 18.2 Å². The van der Waals surface area contributed by atoms with Crippen molar-refractivity contribution in [1.29, 1.82) is 0 Å². The standard InChI is InChI=1S/C14H17BrClNO/c15-12-8-10(6-7-13(12)16)9-14(18)17-11-4-2-1-3-5-11/h6-8,11H,1-5,9H2,(H,17,18). The quantitative estimate of drug-likeness (QED) is 0.888. The number of nitrogens with one attached hydrogen (secondary N) is 1. The first-order valence-electron chi connectivity index (χ1n) is 6.38. The van der Waals surface area contributed by atoms with Gasteiger partial charge in [-0.2, -0.15) is 0 Å². The Kier molecular flexibility index (Phi) is 5.07.